The fourth-order valence-corrected chi connectivity index (χ4v) is 1.30. The highest BCUT2D eigenvalue weighted by atomic mass is 32.1. The summed E-state index contributed by atoms with van der Waals surface area (Å²) in [6.45, 7) is 6.31. The summed E-state index contributed by atoms with van der Waals surface area (Å²) in [6, 6.07) is 7.37. The Balaban J connectivity index is 3.07. The smallest absolute Gasteiger partial charge is 0.115 e. The predicted octanol–water partition coefficient (Wildman–Crippen LogP) is 2.99. The Morgan fingerprint density at radius 2 is 2.00 bits per heavy atom. The van der Waals surface area contributed by atoms with Gasteiger partial charge in [0.05, 0.1) is 0 Å². The van der Waals surface area contributed by atoms with Crippen LogP contribution in [0.4, 0.5) is 0 Å². The van der Waals surface area contributed by atoms with Crippen LogP contribution in [0.1, 0.15) is 26.3 Å². The topological polar surface area (TPSA) is 20.2 Å². The van der Waals surface area contributed by atoms with Crippen molar-refractivity contribution in [2.45, 2.75) is 31.4 Å². The second-order valence-corrected chi connectivity index (χ2v) is 4.72. The van der Waals surface area contributed by atoms with E-state index in [-0.39, 0.29) is 10.7 Å². The summed E-state index contributed by atoms with van der Waals surface area (Å²) in [5, 5.41) is 9.59. The number of rotatable bonds is 2. The molecule has 1 aromatic carbocycles. The van der Waals surface area contributed by atoms with Crippen molar-refractivity contribution in [1.82, 2.24) is 0 Å². The van der Waals surface area contributed by atoms with Crippen molar-refractivity contribution >= 4 is 12.6 Å². The summed E-state index contributed by atoms with van der Waals surface area (Å²) in [5.41, 5.74) is 1.11. The third-order valence-electron chi connectivity index (χ3n) is 2.63. The van der Waals surface area contributed by atoms with E-state index in [1.165, 1.54) is 0 Å². The minimum absolute atomic E-state index is 0.0121. The Bertz CT molecular complexity index is 292. The molecule has 0 bridgehead atoms. The monoisotopic (exact) mass is 196 g/mol. The molecule has 0 saturated carbocycles. The summed E-state index contributed by atoms with van der Waals surface area (Å²) in [4.78, 5) is 0. The molecule has 0 amide bonds. The standard InChI is InChI=1S/C11H16OS/c1-8(13)11(2,3)9-5-4-6-10(12)7-9/h4-8,12-13H,1-3H3. The fourth-order valence-electron chi connectivity index (χ4n) is 1.15. The molecule has 0 aliphatic heterocycles. The molecule has 0 spiro atoms. The molecule has 1 rings (SSSR count). The van der Waals surface area contributed by atoms with Crippen LogP contribution in [0.2, 0.25) is 0 Å². The highest BCUT2D eigenvalue weighted by molar-refractivity contribution is 7.81. The zero-order valence-corrected chi connectivity index (χ0v) is 9.18. The lowest BCUT2D eigenvalue weighted by Gasteiger charge is -2.29. The molecule has 0 heterocycles. The molecular weight excluding hydrogens is 180 g/mol. The Morgan fingerprint density at radius 1 is 1.38 bits per heavy atom. The molecule has 1 N–H and O–H groups in total. The minimum atomic E-state index is -0.0121. The van der Waals surface area contributed by atoms with Gasteiger partial charge in [-0.1, -0.05) is 32.9 Å². The van der Waals surface area contributed by atoms with Crippen molar-refractivity contribution in [3.8, 4) is 5.75 Å². The van der Waals surface area contributed by atoms with Gasteiger partial charge in [0.25, 0.3) is 0 Å². The molecule has 1 aromatic rings. The maximum absolute atomic E-state index is 9.33. The molecule has 0 aliphatic carbocycles. The van der Waals surface area contributed by atoms with Crippen molar-refractivity contribution in [1.29, 1.82) is 0 Å². The van der Waals surface area contributed by atoms with E-state index in [9.17, 15) is 5.11 Å². The van der Waals surface area contributed by atoms with E-state index in [1.807, 2.05) is 12.1 Å². The highest BCUT2D eigenvalue weighted by Crippen LogP contribution is 2.31. The van der Waals surface area contributed by atoms with Gasteiger partial charge >= 0.3 is 0 Å². The van der Waals surface area contributed by atoms with Crippen molar-refractivity contribution < 1.29 is 5.11 Å². The van der Waals surface area contributed by atoms with Crippen molar-refractivity contribution in [3.05, 3.63) is 29.8 Å². The van der Waals surface area contributed by atoms with E-state index in [2.05, 4.69) is 33.4 Å². The Kier molecular flexibility index (Phi) is 2.91. The van der Waals surface area contributed by atoms with Crippen molar-refractivity contribution in [2.75, 3.05) is 0 Å². The second kappa shape index (κ2) is 3.62. The Hall–Kier alpha value is -0.630. The van der Waals surface area contributed by atoms with Gasteiger partial charge < -0.3 is 5.11 Å². The van der Waals surface area contributed by atoms with Crippen LogP contribution >= 0.6 is 12.6 Å². The van der Waals surface area contributed by atoms with Crippen LogP contribution in [-0.2, 0) is 5.41 Å². The maximum atomic E-state index is 9.33. The summed E-state index contributed by atoms with van der Waals surface area (Å²) >= 11 is 4.44. The molecule has 0 radical (unpaired) electrons. The molecule has 0 aliphatic rings. The van der Waals surface area contributed by atoms with Crippen LogP contribution in [-0.4, -0.2) is 10.4 Å². The molecule has 1 nitrogen and oxygen atoms in total. The molecule has 13 heavy (non-hydrogen) atoms. The Morgan fingerprint density at radius 3 is 2.46 bits per heavy atom. The number of hydrogen-bond acceptors (Lipinski definition) is 2. The van der Waals surface area contributed by atoms with E-state index in [0.29, 0.717) is 5.75 Å². The van der Waals surface area contributed by atoms with Gasteiger partial charge in [-0.15, -0.1) is 0 Å². The maximum Gasteiger partial charge on any atom is 0.115 e. The van der Waals surface area contributed by atoms with Gasteiger partial charge in [-0.3, -0.25) is 0 Å². The molecule has 0 aromatic heterocycles. The van der Waals surface area contributed by atoms with Crippen LogP contribution < -0.4 is 0 Å². The minimum Gasteiger partial charge on any atom is -0.508 e. The molecule has 1 unspecified atom stereocenters. The number of hydrogen-bond donors (Lipinski definition) is 2. The zero-order valence-electron chi connectivity index (χ0n) is 8.28. The first-order chi connectivity index (χ1) is 5.94. The summed E-state index contributed by atoms with van der Waals surface area (Å²) in [5.74, 6) is 0.319. The molecule has 1 atom stereocenters. The van der Waals surface area contributed by atoms with Gasteiger partial charge in [-0.05, 0) is 17.7 Å². The van der Waals surface area contributed by atoms with E-state index >= 15 is 0 Å². The number of phenolic OH excluding ortho intramolecular Hbond substituents is 1. The van der Waals surface area contributed by atoms with E-state index in [0.717, 1.165) is 5.56 Å². The molecule has 0 fully saturated rings. The highest BCUT2D eigenvalue weighted by Gasteiger charge is 2.25. The third-order valence-corrected chi connectivity index (χ3v) is 3.28. The number of phenols is 1. The number of benzene rings is 1. The van der Waals surface area contributed by atoms with Gasteiger partial charge in [-0.2, -0.15) is 12.6 Å². The van der Waals surface area contributed by atoms with Crippen molar-refractivity contribution in [2.24, 2.45) is 0 Å². The average Bonchev–Trinajstić information content (AvgIpc) is 2.04. The molecule has 72 valence electrons. The lowest BCUT2D eigenvalue weighted by molar-refractivity contribution is 0.467. The summed E-state index contributed by atoms with van der Waals surface area (Å²) in [6.07, 6.45) is 0. The quantitative estimate of drug-likeness (QED) is 0.697. The van der Waals surface area contributed by atoms with Crippen LogP contribution in [0.5, 0.6) is 5.75 Å². The largest absolute Gasteiger partial charge is 0.508 e. The molecule has 0 saturated heterocycles. The fraction of sp³-hybridized carbons (Fsp3) is 0.455. The first kappa shape index (κ1) is 10.5. The number of thiol groups is 1. The van der Waals surface area contributed by atoms with Gasteiger partial charge in [-0.25, -0.2) is 0 Å². The van der Waals surface area contributed by atoms with E-state index < -0.39 is 0 Å². The third kappa shape index (κ3) is 2.19. The second-order valence-electron chi connectivity index (χ2n) is 3.95. The Labute approximate surface area is 85.2 Å². The predicted molar refractivity (Wildman–Crippen MR) is 59.6 cm³/mol. The lowest BCUT2D eigenvalue weighted by atomic mass is 9.82. The van der Waals surface area contributed by atoms with Gasteiger partial charge in [0.1, 0.15) is 5.75 Å². The molecule has 2 heteroatoms. The molecular formula is C11H16OS. The first-order valence-corrected chi connectivity index (χ1v) is 4.94. The van der Waals surface area contributed by atoms with Crippen molar-refractivity contribution in [3.63, 3.8) is 0 Å². The van der Waals surface area contributed by atoms with Crippen LogP contribution in [0, 0.1) is 0 Å². The SMILES string of the molecule is CC(S)C(C)(C)c1cccc(O)c1. The lowest BCUT2D eigenvalue weighted by Crippen LogP contribution is -2.26. The van der Waals surface area contributed by atoms with E-state index in [1.54, 1.807) is 12.1 Å². The number of aromatic hydroxyl groups is 1. The average molecular weight is 196 g/mol. The van der Waals surface area contributed by atoms with E-state index in [4.69, 9.17) is 0 Å². The first-order valence-electron chi connectivity index (χ1n) is 4.42. The summed E-state index contributed by atoms with van der Waals surface area (Å²) in [7, 11) is 0. The normalized spacial score (nSPS) is 14.2. The van der Waals surface area contributed by atoms with Crippen LogP contribution in [0.3, 0.4) is 0 Å². The van der Waals surface area contributed by atoms with Crippen LogP contribution in [0.25, 0.3) is 0 Å². The summed E-state index contributed by atoms with van der Waals surface area (Å²) < 4.78 is 0. The van der Waals surface area contributed by atoms with Crippen LogP contribution in [0.15, 0.2) is 24.3 Å². The zero-order chi connectivity index (χ0) is 10.1. The van der Waals surface area contributed by atoms with Gasteiger partial charge in [0, 0.05) is 10.7 Å². The van der Waals surface area contributed by atoms with Gasteiger partial charge in [0.15, 0.2) is 0 Å². The van der Waals surface area contributed by atoms with Gasteiger partial charge in [0.2, 0.25) is 0 Å².